The maximum atomic E-state index is 10.7. The Morgan fingerprint density at radius 2 is 2.00 bits per heavy atom. The zero-order valence-corrected chi connectivity index (χ0v) is 9.11. The summed E-state index contributed by atoms with van der Waals surface area (Å²) in [7, 11) is 0. The molecule has 16 heavy (non-hydrogen) atoms. The van der Waals surface area contributed by atoms with Crippen molar-refractivity contribution in [2.24, 2.45) is 5.92 Å². The Morgan fingerprint density at radius 3 is 2.56 bits per heavy atom. The van der Waals surface area contributed by atoms with Gasteiger partial charge in [-0.05, 0) is 19.3 Å². The van der Waals surface area contributed by atoms with Crippen molar-refractivity contribution in [3.05, 3.63) is 23.8 Å². The van der Waals surface area contributed by atoms with Gasteiger partial charge < -0.3 is 10.2 Å². The minimum absolute atomic E-state index is 0.00194. The van der Waals surface area contributed by atoms with Crippen molar-refractivity contribution in [1.82, 2.24) is 0 Å². The van der Waals surface area contributed by atoms with E-state index in [0.717, 1.165) is 30.4 Å². The Labute approximate surface area is 94.3 Å². The summed E-state index contributed by atoms with van der Waals surface area (Å²) in [5.41, 5.74) is 1.71. The molecule has 0 aromatic heterocycles. The van der Waals surface area contributed by atoms with Crippen molar-refractivity contribution in [3.8, 4) is 0 Å². The molecule has 0 fully saturated rings. The van der Waals surface area contributed by atoms with E-state index in [9.17, 15) is 9.59 Å². The number of hydrogen-bond acceptors (Lipinski definition) is 2. The van der Waals surface area contributed by atoms with Crippen molar-refractivity contribution < 1.29 is 19.8 Å². The molecule has 0 aromatic carbocycles. The minimum atomic E-state index is -0.876. The lowest BCUT2D eigenvalue weighted by Crippen LogP contribution is -2.07. The van der Waals surface area contributed by atoms with Gasteiger partial charge in [-0.2, -0.15) is 0 Å². The summed E-state index contributed by atoms with van der Waals surface area (Å²) in [6.45, 7) is 3.87. The highest BCUT2D eigenvalue weighted by molar-refractivity contribution is 5.70. The Kier molecular flexibility index (Phi) is 4.28. The molecular weight excluding hydrogens is 208 g/mol. The van der Waals surface area contributed by atoms with Gasteiger partial charge in [0.2, 0.25) is 0 Å². The molecule has 0 radical (unpaired) electrons. The van der Waals surface area contributed by atoms with E-state index in [1.807, 2.05) is 0 Å². The van der Waals surface area contributed by atoms with Gasteiger partial charge >= 0.3 is 11.9 Å². The van der Waals surface area contributed by atoms with Crippen LogP contribution in [0.3, 0.4) is 0 Å². The quantitative estimate of drug-likeness (QED) is 0.718. The van der Waals surface area contributed by atoms with Gasteiger partial charge in [0.15, 0.2) is 0 Å². The fourth-order valence-corrected chi connectivity index (χ4v) is 1.95. The highest BCUT2D eigenvalue weighted by atomic mass is 16.4. The van der Waals surface area contributed by atoms with Crippen LogP contribution in [0.25, 0.3) is 0 Å². The van der Waals surface area contributed by atoms with Gasteiger partial charge in [0, 0.05) is 5.92 Å². The number of allylic oxidation sites excluding steroid dienone is 2. The molecule has 2 N–H and O–H groups in total. The second kappa shape index (κ2) is 5.49. The number of hydrogen-bond donors (Lipinski definition) is 2. The van der Waals surface area contributed by atoms with E-state index in [2.05, 4.69) is 6.58 Å². The van der Waals surface area contributed by atoms with Crippen molar-refractivity contribution in [2.75, 3.05) is 0 Å². The molecule has 1 rings (SSSR count). The van der Waals surface area contributed by atoms with Gasteiger partial charge in [0.1, 0.15) is 0 Å². The van der Waals surface area contributed by atoms with Crippen molar-refractivity contribution >= 4 is 11.9 Å². The first kappa shape index (κ1) is 12.5. The van der Waals surface area contributed by atoms with Gasteiger partial charge in [-0.15, -0.1) is 0 Å². The molecule has 0 saturated heterocycles. The predicted octanol–water partition coefficient (Wildman–Crippen LogP) is 2.22. The van der Waals surface area contributed by atoms with Crippen LogP contribution >= 0.6 is 0 Å². The second-order valence-electron chi connectivity index (χ2n) is 4.11. The largest absolute Gasteiger partial charge is 0.481 e. The van der Waals surface area contributed by atoms with Crippen LogP contribution in [0.15, 0.2) is 23.8 Å². The number of carbonyl (C=O) groups is 2. The number of carboxylic acid groups (broad SMARTS) is 2. The van der Waals surface area contributed by atoms with Crippen LogP contribution in [-0.4, -0.2) is 22.2 Å². The Morgan fingerprint density at radius 1 is 1.31 bits per heavy atom. The first-order valence-electron chi connectivity index (χ1n) is 5.30. The molecule has 88 valence electrons. The molecule has 0 amide bonds. The lowest BCUT2D eigenvalue weighted by atomic mass is 9.94. The summed E-state index contributed by atoms with van der Waals surface area (Å²) in [4.78, 5) is 21.3. The van der Waals surface area contributed by atoms with E-state index < -0.39 is 11.9 Å². The molecular formula is C12H16O4. The summed E-state index contributed by atoms with van der Waals surface area (Å²) in [5.74, 6) is -1.96. The third-order valence-corrected chi connectivity index (χ3v) is 2.73. The van der Waals surface area contributed by atoms with Gasteiger partial charge in [0.25, 0.3) is 0 Å². The maximum absolute atomic E-state index is 10.7. The molecule has 1 atom stereocenters. The summed E-state index contributed by atoms with van der Waals surface area (Å²) >= 11 is 0. The fourth-order valence-electron chi connectivity index (χ4n) is 1.95. The summed E-state index contributed by atoms with van der Waals surface area (Å²) in [6, 6.07) is 0. The first-order valence-corrected chi connectivity index (χ1v) is 5.30. The van der Waals surface area contributed by atoms with Crippen LogP contribution in [0.1, 0.15) is 32.1 Å². The van der Waals surface area contributed by atoms with Gasteiger partial charge in [-0.3, -0.25) is 9.59 Å². The van der Waals surface area contributed by atoms with Crippen LogP contribution < -0.4 is 0 Å². The number of carboxylic acids is 2. The molecule has 4 heteroatoms. The van der Waals surface area contributed by atoms with Crippen LogP contribution in [0, 0.1) is 5.92 Å². The van der Waals surface area contributed by atoms with Gasteiger partial charge in [0.05, 0.1) is 12.8 Å². The van der Waals surface area contributed by atoms with Crippen LogP contribution in [-0.2, 0) is 9.59 Å². The molecule has 4 nitrogen and oxygen atoms in total. The highest BCUT2D eigenvalue weighted by Crippen LogP contribution is 2.29. The Bertz CT molecular complexity index is 341. The minimum Gasteiger partial charge on any atom is -0.481 e. The van der Waals surface area contributed by atoms with E-state index in [1.165, 1.54) is 0 Å². The van der Waals surface area contributed by atoms with Gasteiger partial charge in [-0.1, -0.05) is 23.8 Å². The van der Waals surface area contributed by atoms with E-state index in [-0.39, 0.29) is 18.8 Å². The molecule has 0 spiro atoms. The summed E-state index contributed by atoms with van der Waals surface area (Å²) < 4.78 is 0. The van der Waals surface area contributed by atoms with Crippen LogP contribution in [0.5, 0.6) is 0 Å². The van der Waals surface area contributed by atoms with Crippen molar-refractivity contribution in [3.63, 3.8) is 0 Å². The Hall–Kier alpha value is -1.58. The normalized spacial score (nSPS) is 21.1. The summed E-state index contributed by atoms with van der Waals surface area (Å²) in [5, 5.41) is 17.5. The zero-order chi connectivity index (χ0) is 12.1. The molecule has 0 bridgehead atoms. The maximum Gasteiger partial charge on any atom is 0.307 e. The molecule has 1 unspecified atom stereocenters. The SMILES string of the molecule is C=C1CCCC(CC(=O)O)=CC1CC(=O)O. The average molecular weight is 224 g/mol. The molecule has 0 heterocycles. The van der Waals surface area contributed by atoms with E-state index >= 15 is 0 Å². The highest BCUT2D eigenvalue weighted by Gasteiger charge is 2.19. The fraction of sp³-hybridized carbons (Fsp3) is 0.500. The van der Waals surface area contributed by atoms with E-state index in [1.54, 1.807) is 6.08 Å². The molecule has 0 aromatic rings. The zero-order valence-electron chi connectivity index (χ0n) is 9.11. The predicted molar refractivity (Wildman–Crippen MR) is 59.1 cm³/mol. The van der Waals surface area contributed by atoms with E-state index in [4.69, 9.17) is 10.2 Å². The lowest BCUT2D eigenvalue weighted by Gasteiger charge is -2.11. The second-order valence-corrected chi connectivity index (χ2v) is 4.11. The molecule has 0 saturated carbocycles. The average Bonchev–Trinajstić information content (AvgIpc) is 2.28. The third kappa shape index (κ3) is 3.88. The lowest BCUT2D eigenvalue weighted by molar-refractivity contribution is -0.137. The smallest absolute Gasteiger partial charge is 0.307 e. The monoisotopic (exact) mass is 224 g/mol. The topological polar surface area (TPSA) is 74.6 Å². The van der Waals surface area contributed by atoms with Gasteiger partial charge in [-0.25, -0.2) is 0 Å². The molecule has 1 aliphatic carbocycles. The Balaban J connectivity index is 2.79. The third-order valence-electron chi connectivity index (χ3n) is 2.73. The van der Waals surface area contributed by atoms with Crippen LogP contribution in [0.4, 0.5) is 0 Å². The molecule has 0 aliphatic heterocycles. The van der Waals surface area contributed by atoms with Crippen LogP contribution in [0.2, 0.25) is 0 Å². The van der Waals surface area contributed by atoms with Crippen molar-refractivity contribution in [2.45, 2.75) is 32.1 Å². The van der Waals surface area contributed by atoms with E-state index in [0.29, 0.717) is 0 Å². The standard InChI is InChI=1S/C12H16O4/c1-8-3-2-4-9(6-11(13)14)5-10(8)7-12(15)16/h5,10H,1-4,6-7H2,(H,13,14)(H,15,16). The first-order chi connectivity index (χ1) is 7.49. The molecule has 1 aliphatic rings. The summed E-state index contributed by atoms with van der Waals surface area (Å²) in [6.07, 6.45) is 4.13. The number of rotatable bonds is 4. The number of aliphatic carboxylic acids is 2. The van der Waals surface area contributed by atoms with Crippen molar-refractivity contribution in [1.29, 1.82) is 0 Å².